The minimum Gasteiger partial charge on any atom is -0.484 e. The van der Waals surface area contributed by atoms with Crippen LogP contribution in [0.4, 0.5) is 0 Å². The maximum absolute atomic E-state index is 13.0. The van der Waals surface area contributed by atoms with Gasteiger partial charge in [-0.05, 0) is 43.2 Å². The van der Waals surface area contributed by atoms with E-state index in [-0.39, 0.29) is 35.6 Å². The average molecular weight is 479 g/mol. The highest BCUT2D eigenvalue weighted by molar-refractivity contribution is 6.16. The lowest BCUT2D eigenvalue weighted by atomic mass is 10.0. The van der Waals surface area contributed by atoms with Gasteiger partial charge in [-0.1, -0.05) is 42.5 Å². The molecule has 1 aliphatic heterocycles. The minimum absolute atomic E-state index is 0.126. The third-order valence-corrected chi connectivity index (χ3v) is 5.66. The summed E-state index contributed by atoms with van der Waals surface area (Å²) < 4.78 is 15.6. The topological polar surface area (TPSA) is 94.2 Å². The van der Waals surface area contributed by atoms with Crippen LogP contribution in [0.2, 0.25) is 0 Å². The van der Waals surface area contributed by atoms with E-state index in [1.165, 1.54) is 12.0 Å². The van der Waals surface area contributed by atoms with Crippen molar-refractivity contribution < 1.29 is 28.6 Å². The first kappa shape index (κ1) is 25.7. The maximum Gasteiger partial charge on any atom is 0.340 e. The van der Waals surface area contributed by atoms with Gasteiger partial charge in [0.25, 0.3) is 11.8 Å². The molecule has 0 bridgehead atoms. The van der Waals surface area contributed by atoms with Crippen LogP contribution >= 0.6 is 0 Å². The van der Waals surface area contributed by atoms with Gasteiger partial charge in [-0.25, -0.2) is 4.79 Å². The van der Waals surface area contributed by atoms with Crippen LogP contribution in [0, 0.1) is 0 Å². The molecule has 184 valence electrons. The van der Waals surface area contributed by atoms with Crippen molar-refractivity contribution in [2.24, 2.45) is 0 Å². The van der Waals surface area contributed by atoms with Gasteiger partial charge >= 0.3 is 5.97 Å². The summed E-state index contributed by atoms with van der Waals surface area (Å²) in [6.07, 6.45) is 1.64. The molecular formula is C27H30N2O6. The Hall–Kier alpha value is -3.91. The highest BCUT2D eigenvalue weighted by Crippen LogP contribution is 2.31. The van der Waals surface area contributed by atoms with E-state index in [0.717, 1.165) is 5.56 Å². The van der Waals surface area contributed by atoms with Crippen LogP contribution < -0.4 is 10.1 Å². The standard InChI is InChI=1S/C27H30N2O6/c1-18(21-8-6-5-7-9-21)28-24(30)17-35-22-12-10-20(11-13-22)16-23-25(27(32)34-4)19(2)29(26(23)31)14-15-33-3/h5-13,16,18H,14-15,17H2,1-4H3,(H,28,30)/b23-16-/t18-/m1/s1. The zero-order chi connectivity index (χ0) is 25.4. The molecule has 0 spiro atoms. The van der Waals surface area contributed by atoms with Gasteiger partial charge in [0, 0.05) is 19.4 Å². The Morgan fingerprint density at radius 1 is 1.06 bits per heavy atom. The van der Waals surface area contributed by atoms with E-state index in [2.05, 4.69) is 5.32 Å². The predicted molar refractivity (Wildman–Crippen MR) is 131 cm³/mol. The lowest BCUT2D eigenvalue weighted by Gasteiger charge is -2.16. The zero-order valence-corrected chi connectivity index (χ0v) is 20.4. The molecule has 1 N–H and O–H groups in total. The third-order valence-electron chi connectivity index (χ3n) is 5.66. The third kappa shape index (κ3) is 6.36. The van der Waals surface area contributed by atoms with Crippen LogP contribution in [0.1, 0.15) is 31.0 Å². The molecule has 0 saturated heterocycles. The van der Waals surface area contributed by atoms with Gasteiger partial charge in [0.05, 0.1) is 30.9 Å². The number of esters is 1. The van der Waals surface area contributed by atoms with Crippen LogP contribution in [0.5, 0.6) is 5.75 Å². The van der Waals surface area contributed by atoms with E-state index < -0.39 is 5.97 Å². The Bertz CT molecular complexity index is 1120. The van der Waals surface area contributed by atoms with E-state index in [9.17, 15) is 14.4 Å². The number of rotatable bonds is 10. The largest absolute Gasteiger partial charge is 0.484 e. The predicted octanol–water partition coefficient (Wildman–Crippen LogP) is 3.26. The maximum atomic E-state index is 13.0. The molecule has 1 atom stereocenters. The van der Waals surface area contributed by atoms with Crippen LogP contribution in [0.3, 0.4) is 0 Å². The van der Waals surface area contributed by atoms with E-state index in [0.29, 0.717) is 30.2 Å². The summed E-state index contributed by atoms with van der Waals surface area (Å²) in [7, 11) is 2.83. The van der Waals surface area contributed by atoms with E-state index in [1.54, 1.807) is 44.4 Å². The molecule has 1 aliphatic rings. The number of nitrogens with one attached hydrogen (secondary N) is 1. The highest BCUT2D eigenvalue weighted by Gasteiger charge is 2.36. The molecule has 0 saturated carbocycles. The molecule has 2 amide bonds. The molecule has 0 aliphatic carbocycles. The van der Waals surface area contributed by atoms with Crippen molar-refractivity contribution in [3.05, 3.63) is 82.6 Å². The normalized spacial score (nSPS) is 15.4. The van der Waals surface area contributed by atoms with E-state index >= 15 is 0 Å². The number of carbonyl (C=O) groups excluding carboxylic acids is 3. The van der Waals surface area contributed by atoms with Gasteiger partial charge in [-0.15, -0.1) is 0 Å². The fourth-order valence-electron chi connectivity index (χ4n) is 3.76. The Labute approximate surface area is 205 Å². The average Bonchev–Trinajstić information content (AvgIpc) is 3.10. The monoisotopic (exact) mass is 478 g/mol. The molecule has 2 aromatic rings. The molecule has 2 aromatic carbocycles. The first-order chi connectivity index (χ1) is 16.8. The second-order valence-electron chi connectivity index (χ2n) is 8.02. The minimum atomic E-state index is -0.572. The van der Waals surface area contributed by atoms with Crippen molar-refractivity contribution >= 4 is 23.9 Å². The molecule has 35 heavy (non-hydrogen) atoms. The lowest BCUT2D eigenvalue weighted by molar-refractivity contribution is -0.136. The summed E-state index contributed by atoms with van der Waals surface area (Å²) in [5.74, 6) is -0.583. The fraction of sp³-hybridized carbons (Fsp3) is 0.296. The van der Waals surface area contributed by atoms with Crippen LogP contribution in [-0.2, 0) is 23.9 Å². The summed E-state index contributed by atoms with van der Waals surface area (Å²) in [6.45, 7) is 4.17. The molecule has 0 aromatic heterocycles. The number of hydrogen-bond acceptors (Lipinski definition) is 6. The first-order valence-corrected chi connectivity index (χ1v) is 11.2. The number of nitrogens with zero attached hydrogens (tertiary/aromatic N) is 1. The molecule has 3 rings (SSSR count). The fourth-order valence-corrected chi connectivity index (χ4v) is 3.76. The van der Waals surface area contributed by atoms with Gasteiger partial charge in [0.1, 0.15) is 5.75 Å². The van der Waals surface area contributed by atoms with Gasteiger partial charge in [0.15, 0.2) is 6.61 Å². The lowest BCUT2D eigenvalue weighted by Crippen LogP contribution is -2.31. The van der Waals surface area contributed by atoms with E-state index in [4.69, 9.17) is 14.2 Å². The molecule has 8 nitrogen and oxygen atoms in total. The van der Waals surface area contributed by atoms with Crippen molar-refractivity contribution in [3.8, 4) is 5.75 Å². The van der Waals surface area contributed by atoms with Crippen LogP contribution in [0.15, 0.2) is 71.4 Å². The Balaban J connectivity index is 1.66. The summed E-state index contributed by atoms with van der Waals surface area (Å²) in [5.41, 5.74) is 2.73. The summed E-state index contributed by atoms with van der Waals surface area (Å²) >= 11 is 0. The number of amides is 2. The summed E-state index contributed by atoms with van der Waals surface area (Å²) in [5, 5.41) is 2.90. The molecule has 0 radical (unpaired) electrons. The second kappa shape index (κ2) is 12.0. The number of hydrogen-bond donors (Lipinski definition) is 1. The van der Waals surface area contributed by atoms with Crippen molar-refractivity contribution in [3.63, 3.8) is 0 Å². The molecule has 8 heteroatoms. The molecule has 1 heterocycles. The highest BCUT2D eigenvalue weighted by atomic mass is 16.5. The number of benzene rings is 2. The van der Waals surface area contributed by atoms with Crippen molar-refractivity contribution in [2.75, 3.05) is 34.0 Å². The van der Waals surface area contributed by atoms with Crippen molar-refractivity contribution in [2.45, 2.75) is 19.9 Å². The van der Waals surface area contributed by atoms with Crippen molar-refractivity contribution in [1.82, 2.24) is 10.2 Å². The Morgan fingerprint density at radius 2 is 1.74 bits per heavy atom. The summed E-state index contributed by atoms with van der Waals surface area (Å²) in [6, 6.07) is 16.5. The Morgan fingerprint density at radius 3 is 2.37 bits per heavy atom. The number of allylic oxidation sites excluding steroid dienone is 1. The van der Waals surface area contributed by atoms with Gasteiger partial charge in [-0.3, -0.25) is 9.59 Å². The number of ether oxygens (including phenoxy) is 3. The van der Waals surface area contributed by atoms with Gasteiger partial charge in [0.2, 0.25) is 0 Å². The Kier molecular flexibility index (Phi) is 8.80. The van der Waals surface area contributed by atoms with Crippen LogP contribution in [-0.4, -0.2) is 56.7 Å². The van der Waals surface area contributed by atoms with Crippen molar-refractivity contribution in [1.29, 1.82) is 0 Å². The smallest absolute Gasteiger partial charge is 0.340 e. The SMILES string of the molecule is COCCN1C(=O)/C(=C\c2ccc(OCC(=O)N[C@H](C)c3ccccc3)cc2)C(C(=O)OC)=C1C. The number of methoxy groups -OCH3 is 2. The molecular weight excluding hydrogens is 448 g/mol. The number of carbonyl (C=O) groups is 3. The van der Waals surface area contributed by atoms with Gasteiger partial charge in [-0.2, -0.15) is 0 Å². The van der Waals surface area contributed by atoms with E-state index in [1.807, 2.05) is 37.3 Å². The molecule has 0 unspecified atom stereocenters. The zero-order valence-electron chi connectivity index (χ0n) is 20.4. The van der Waals surface area contributed by atoms with Gasteiger partial charge < -0.3 is 24.4 Å². The van der Waals surface area contributed by atoms with Crippen LogP contribution in [0.25, 0.3) is 6.08 Å². The second-order valence-corrected chi connectivity index (χ2v) is 8.02. The first-order valence-electron chi connectivity index (χ1n) is 11.2. The molecule has 0 fully saturated rings. The summed E-state index contributed by atoms with van der Waals surface area (Å²) in [4.78, 5) is 39.1. The quantitative estimate of drug-likeness (QED) is 0.416.